The molecule has 0 aromatic carbocycles. The first-order valence-corrected chi connectivity index (χ1v) is 5.26. The van der Waals surface area contributed by atoms with Crippen molar-refractivity contribution in [2.75, 3.05) is 25.1 Å². The molecule has 1 aromatic heterocycles. The van der Waals surface area contributed by atoms with Crippen LogP contribution >= 0.6 is 15.9 Å². The molecule has 0 aliphatic rings. The van der Waals surface area contributed by atoms with Crippen LogP contribution in [-0.2, 0) is 4.74 Å². The topological polar surface area (TPSA) is 34.1 Å². The first kappa shape index (κ1) is 13.2. The molecule has 1 N–H and O–H groups in total. The molecule has 0 fully saturated rings. The minimum atomic E-state index is -4.27. The summed E-state index contributed by atoms with van der Waals surface area (Å²) in [7, 11) is 0. The van der Waals surface area contributed by atoms with Crippen molar-refractivity contribution in [1.29, 1.82) is 0 Å². The van der Waals surface area contributed by atoms with Crippen LogP contribution in [0.15, 0.2) is 22.8 Å². The fraction of sp³-hybridized carbons (Fsp3) is 0.444. The molecular weight excluding hydrogens is 289 g/mol. The molecule has 0 atom stereocenters. The van der Waals surface area contributed by atoms with Crippen molar-refractivity contribution >= 4 is 21.7 Å². The van der Waals surface area contributed by atoms with Gasteiger partial charge in [0.05, 0.1) is 6.61 Å². The number of anilines is 1. The van der Waals surface area contributed by atoms with E-state index in [2.05, 4.69) is 31.0 Å². The van der Waals surface area contributed by atoms with Crippen LogP contribution < -0.4 is 5.32 Å². The van der Waals surface area contributed by atoms with Gasteiger partial charge in [0, 0.05) is 17.2 Å². The average Bonchev–Trinajstić information content (AvgIpc) is 2.19. The van der Waals surface area contributed by atoms with Gasteiger partial charge < -0.3 is 10.1 Å². The second-order valence-electron chi connectivity index (χ2n) is 2.96. The zero-order valence-corrected chi connectivity index (χ0v) is 9.81. The Morgan fingerprint density at radius 1 is 1.38 bits per heavy atom. The summed E-state index contributed by atoms with van der Waals surface area (Å²) in [5, 5.41) is 2.83. The fourth-order valence-electron chi connectivity index (χ4n) is 0.920. The Morgan fingerprint density at radius 3 is 2.69 bits per heavy atom. The molecule has 1 heterocycles. The Bertz CT molecular complexity index is 316. The lowest BCUT2D eigenvalue weighted by molar-refractivity contribution is -0.172. The molecule has 0 radical (unpaired) electrons. The van der Waals surface area contributed by atoms with E-state index >= 15 is 0 Å². The first-order chi connectivity index (χ1) is 7.47. The van der Waals surface area contributed by atoms with E-state index in [4.69, 9.17) is 0 Å². The summed E-state index contributed by atoms with van der Waals surface area (Å²) in [5.74, 6) is 0.596. The molecule has 16 heavy (non-hydrogen) atoms. The molecule has 0 saturated heterocycles. The number of halogens is 4. The van der Waals surface area contributed by atoms with Crippen LogP contribution in [0.2, 0.25) is 0 Å². The van der Waals surface area contributed by atoms with Crippen molar-refractivity contribution < 1.29 is 17.9 Å². The third-order valence-corrected chi connectivity index (χ3v) is 2.01. The number of nitrogens with one attached hydrogen (secondary N) is 1. The molecule has 3 nitrogen and oxygen atoms in total. The largest absolute Gasteiger partial charge is 0.411 e. The summed E-state index contributed by atoms with van der Waals surface area (Å²) in [6.45, 7) is -0.954. The van der Waals surface area contributed by atoms with Crippen LogP contribution in [0.5, 0.6) is 0 Å². The number of ether oxygens (including phenoxy) is 1. The summed E-state index contributed by atoms with van der Waals surface area (Å²) in [6, 6.07) is 3.50. The summed E-state index contributed by atoms with van der Waals surface area (Å²) in [6.07, 6.45) is -2.67. The maximum Gasteiger partial charge on any atom is 0.411 e. The Labute approximate surface area is 99.1 Å². The van der Waals surface area contributed by atoms with Crippen LogP contribution in [0.3, 0.4) is 0 Å². The summed E-state index contributed by atoms with van der Waals surface area (Å²) in [4.78, 5) is 3.99. The summed E-state index contributed by atoms with van der Waals surface area (Å²) in [5.41, 5.74) is 0. The van der Waals surface area contributed by atoms with Gasteiger partial charge in [-0.05, 0) is 28.1 Å². The molecule has 0 saturated carbocycles. The van der Waals surface area contributed by atoms with Gasteiger partial charge in [0.2, 0.25) is 0 Å². The highest BCUT2D eigenvalue weighted by Crippen LogP contribution is 2.14. The standard InChI is InChI=1S/C9H10BrF3N2O/c10-7-1-2-8(15-5-7)14-3-4-16-6-9(11,12)13/h1-2,5H,3-4,6H2,(H,14,15). The van der Waals surface area contributed by atoms with Crippen molar-refractivity contribution in [1.82, 2.24) is 4.98 Å². The monoisotopic (exact) mass is 298 g/mol. The first-order valence-electron chi connectivity index (χ1n) is 4.47. The molecule has 1 rings (SSSR count). The van der Waals surface area contributed by atoms with Crippen molar-refractivity contribution in [3.05, 3.63) is 22.8 Å². The molecular formula is C9H10BrF3N2O. The van der Waals surface area contributed by atoms with Gasteiger partial charge in [-0.25, -0.2) is 4.98 Å². The highest BCUT2D eigenvalue weighted by atomic mass is 79.9. The van der Waals surface area contributed by atoms with Gasteiger partial charge >= 0.3 is 6.18 Å². The lowest BCUT2D eigenvalue weighted by atomic mass is 10.4. The highest BCUT2D eigenvalue weighted by molar-refractivity contribution is 9.10. The van der Waals surface area contributed by atoms with E-state index in [-0.39, 0.29) is 13.2 Å². The normalized spacial score (nSPS) is 11.5. The van der Waals surface area contributed by atoms with Crippen molar-refractivity contribution in [2.45, 2.75) is 6.18 Å². The second kappa shape index (κ2) is 6.05. The van der Waals surface area contributed by atoms with E-state index in [1.807, 2.05) is 0 Å². The number of rotatable bonds is 5. The Kier molecular flexibility index (Phi) is 5.01. The van der Waals surface area contributed by atoms with Gasteiger partial charge in [0.1, 0.15) is 12.4 Å². The Morgan fingerprint density at radius 2 is 2.12 bits per heavy atom. The van der Waals surface area contributed by atoms with E-state index < -0.39 is 12.8 Å². The summed E-state index contributed by atoms with van der Waals surface area (Å²) < 4.78 is 40.3. The Balaban J connectivity index is 2.14. The Hall–Kier alpha value is -0.820. The molecule has 0 bridgehead atoms. The molecule has 0 amide bonds. The van der Waals surface area contributed by atoms with Crippen LogP contribution in [-0.4, -0.2) is 30.9 Å². The molecule has 0 unspecified atom stereocenters. The predicted molar refractivity (Wildman–Crippen MR) is 57.3 cm³/mol. The molecule has 1 aromatic rings. The number of alkyl halides is 3. The number of hydrogen-bond acceptors (Lipinski definition) is 3. The third-order valence-electron chi connectivity index (χ3n) is 1.55. The van der Waals surface area contributed by atoms with Crippen LogP contribution in [0.1, 0.15) is 0 Å². The zero-order chi connectivity index (χ0) is 12.0. The molecule has 0 aliphatic carbocycles. The quantitative estimate of drug-likeness (QED) is 0.849. The lowest BCUT2D eigenvalue weighted by Gasteiger charge is -2.08. The molecule has 7 heteroatoms. The van der Waals surface area contributed by atoms with Gasteiger partial charge in [-0.15, -0.1) is 0 Å². The van der Waals surface area contributed by atoms with Gasteiger partial charge in [-0.3, -0.25) is 0 Å². The van der Waals surface area contributed by atoms with E-state index in [0.29, 0.717) is 5.82 Å². The van der Waals surface area contributed by atoms with Crippen molar-refractivity contribution in [3.63, 3.8) is 0 Å². The molecule has 90 valence electrons. The van der Waals surface area contributed by atoms with E-state index in [9.17, 15) is 13.2 Å². The zero-order valence-electron chi connectivity index (χ0n) is 8.22. The summed E-state index contributed by atoms with van der Waals surface area (Å²) >= 11 is 3.22. The number of aromatic nitrogens is 1. The average molecular weight is 299 g/mol. The molecule has 0 aliphatic heterocycles. The SMILES string of the molecule is FC(F)(F)COCCNc1ccc(Br)cn1. The van der Waals surface area contributed by atoms with Crippen molar-refractivity contribution in [3.8, 4) is 0 Å². The van der Waals surface area contributed by atoms with Crippen LogP contribution in [0, 0.1) is 0 Å². The van der Waals surface area contributed by atoms with Crippen LogP contribution in [0.4, 0.5) is 19.0 Å². The minimum absolute atomic E-state index is 0.0166. The minimum Gasteiger partial charge on any atom is -0.370 e. The highest BCUT2D eigenvalue weighted by Gasteiger charge is 2.27. The fourth-order valence-corrected chi connectivity index (χ4v) is 1.15. The second-order valence-corrected chi connectivity index (χ2v) is 3.87. The number of hydrogen-bond donors (Lipinski definition) is 1. The van der Waals surface area contributed by atoms with Crippen molar-refractivity contribution in [2.24, 2.45) is 0 Å². The van der Waals surface area contributed by atoms with Crippen LogP contribution in [0.25, 0.3) is 0 Å². The predicted octanol–water partition coefficient (Wildman–Crippen LogP) is 2.83. The maximum absolute atomic E-state index is 11.7. The maximum atomic E-state index is 11.7. The number of pyridine rings is 1. The van der Waals surface area contributed by atoms with E-state index in [0.717, 1.165) is 4.47 Å². The lowest BCUT2D eigenvalue weighted by Crippen LogP contribution is -2.20. The van der Waals surface area contributed by atoms with E-state index in [1.54, 1.807) is 18.3 Å². The van der Waals surface area contributed by atoms with Gasteiger partial charge in [-0.1, -0.05) is 0 Å². The van der Waals surface area contributed by atoms with Gasteiger partial charge in [-0.2, -0.15) is 13.2 Å². The van der Waals surface area contributed by atoms with Gasteiger partial charge in [0.15, 0.2) is 0 Å². The third kappa shape index (κ3) is 5.92. The number of nitrogens with zero attached hydrogens (tertiary/aromatic N) is 1. The molecule has 0 spiro atoms. The smallest absolute Gasteiger partial charge is 0.370 e. The van der Waals surface area contributed by atoms with Gasteiger partial charge in [0.25, 0.3) is 0 Å². The van der Waals surface area contributed by atoms with E-state index in [1.165, 1.54) is 0 Å².